The van der Waals surface area contributed by atoms with Gasteiger partial charge in [0.1, 0.15) is 5.82 Å². The molecule has 0 saturated heterocycles. The SMILES string of the molecule is CC(=O)N(CCc1ccc(F)cc1)CC(=O)Nc1cccc(C)c1C. The molecule has 0 spiro atoms. The number of aryl methyl sites for hydroxylation is 1. The topological polar surface area (TPSA) is 49.4 Å². The fourth-order valence-electron chi connectivity index (χ4n) is 2.51. The maximum Gasteiger partial charge on any atom is 0.244 e. The van der Waals surface area contributed by atoms with Crippen LogP contribution in [0.25, 0.3) is 0 Å². The van der Waals surface area contributed by atoms with E-state index < -0.39 is 0 Å². The Labute approximate surface area is 147 Å². The standard InChI is InChI=1S/C20H23FN2O2/c1-14-5-4-6-19(15(14)2)22-20(25)13-23(16(3)24)12-11-17-7-9-18(21)10-8-17/h4-10H,11-13H2,1-3H3,(H,22,25). The first-order valence-electron chi connectivity index (χ1n) is 8.23. The zero-order valence-corrected chi connectivity index (χ0v) is 14.8. The molecular weight excluding hydrogens is 319 g/mol. The van der Waals surface area contributed by atoms with Crippen LogP contribution >= 0.6 is 0 Å². The quantitative estimate of drug-likeness (QED) is 0.874. The van der Waals surface area contributed by atoms with Crippen molar-refractivity contribution in [2.24, 2.45) is 0 Å². The lowest BCUT2D eigenvalue weighted by Crippen LogP contribution is -2.38. The van der Waals surface area contributed by atoms with Crippen molar-refractivity contribution in [2.75, 3.05) is 18.4 Å². The zero-order valence-electron chi connectivity index (χ0n) is 14.8. The van der Waals surface area contributed by atoms with E-state index >= 15 is 0 Å². The zero-order chi connectivity index (χ0) is 18.4. The van der Waals surface area contributed by atoms with Crippen molar-refractivity contribution in [3.63, 3.8) is 0 Å². The predicted octanol–water partition coefficient (Wildman–Crippen LogP) is 3.47. The highest BCUT2D eigenvalue weighted by atomic mass is 19.1. The number of hydrogen-bond donors (Lipinski definition) is 1. The van der Waals surface area contributed by atoms with E-state index in [9.17, 15) is 14.0 Å². The number of benzene rings is 2. The Morgan fingerprint density at radius 1 is 1.08 bits per heavy atom. The molecule has 0 saturated carbocycles. The summed E-state index contributed by atoms with van der Waals surface area (Å²) in [6.45, 7) is 5.76. The predicted molar refractivity (Wildman–Crippen MR) is 96.9 cm³/mol. The van der Waals surface area contributed by atoms with Crippen LogP contribution < -0.4 is 5.32 Å². The van der Waals surface area contributed by atoms with Crippen LogP contribution in [0.2, 0.25) is 0 Å². The van der Waals surface area contributed by atoms with Gasteiger partial charge in [-0.05, 0) is 55.2 Å². The smallest absolute Gasteiger partial charge is 0.244 e. The van der Waals surface area contributed by atoms with Gasteiger partial charge < -0.3 is 10.2 Å². The number of carbonyl (C=O) groups is 2. The van der Waals surface area contributed by atoms with Crippen molar-refractivity contribution in [1.82, 2.24) is 4.90 Å². The molecule has 2 amide bonds. The van der Waals surface area contributed by atoms with Gasteiger partial charge >= 0.3 is 0 Å². The van der Waals surface area contributed by atoms with Crippen molar-refractivity contribution < 1.29 is 14.0 Å². The summed E-state index contributed by atoms with van der Waals surface area (Å²) in [6.07, 6.45) is 0.566. The molecule has 0 aromatic heterocycles. The molecule has 5 heteroatoms. The number of nitrogens with zero attached hydrogens (tertiary/aromatic N) is 1. The molecule has 0 aliphatic rings. The molecule has 2 aromatic carbocycles. The second-order valence-electron chi connectivity index (χ2n) is 6.11. The van der Waals surface area contributed by atoms with E-state index in [-0.39, 0.29) is 24.2 Å². The number of amides is 2. The molecule has 2 rings (SSSR count). The minimum atomic E-state index is -0.292. The Morgan fingerprint density at radius 2 is 1.76 bits per heavy atom. The van der Waals surface area contributed by atoms with Gasteiger partial charge in [-0.3, -0.25) is 9.59 Å². The second-order valence-corrected chi connectivity index (χ2v) is 6.11. The molecule has 132 valence electrons. The average Bonchev–Trinajstić information content (AvgIpc) is 2.57. The molecular formula is C20H23FN2O2. The van der Waals surface area contributed by atoms with Crippen LogP contribution in [0.4, 0.5) is 10.1 Å². The lowest BCUT2D eigenvalue weighted by atomic mass is 10.1. The van der Waals surface area contributed by atoms with E-state index in [0.717, 1.165) is 22.4 Å². The van der Waals surface area contributed by atoms with Crippen molar-refractivity contribution in [3.05, 3.63) is 65.0 Å². The number of hydrogen-bond acceptors (Lipinski definition) is 2. The normalized spacial score (nSPS) is 10.4. The molecule has 0 radical (unpaired) electrons. The van der Waals surface area contributed by atoms with Crippen LogP contribution in [0.15, 0.2) is 42.5 Å². The minimum Gasteiger partial charge on any atom is -0.333 e. The number of rotatable bonds is 6. The van der Waals surface area contributed by atoms with Gasteiger partial charge in [0.05, 0.1) is 6.54 Å². The number of carbonyl (C=O) groups excluding carboxylic acids is 2. The first kappa shape index (κ1) is 18.6. The van der Waals surface area contributed by atoms with Gasteiger partial charge in [0.25, 0.3) is 0 Å². The van der Waals surface area contributed by atoms with Gasteiger partial charge in [-0.25, -0.2) is 4.39 Å². The van der Waals surface area contributed by atoms with Gasteiger partial charge in [-0.15, -0.1) is 0 Å². The molecule has 2 aromatic rings. The van der Waals surface area contributed by atoms with Crippen LogP contribution in [-0.2, 0) is 16.0 Å². The van der Waals surface area contributed by atoms with Crippen molar-refractivity contribution >= 4 is 17.5 Å². The molecule has 0 bridgehead atoms. The van der Waals surface area contributed by atoms with Crippen molar-refractivity contribution in [2.45, 2.75) is 27.2 Å². The fourth-order valence-corrected chi connectivity index (χ4v) is 2.51. The Bertz CT molecular complexity index is 757. The first-order chi connectivity index (χ1) is 11.9. The summed E-state index contributed by atoms with van der Waals surface area (Å²) in [5, 5.41) is 2.86. The van der Waals surface area contributed by atoms with E-state index in [1.54, 1.807) is 12.1 Å². The molecule has 1 N–H and O–H groups in total. The number of halogens is 1. The van der Waals surface area contributed by atoms with E-state index in [1.165, 1.54) is 24.0 Å². The summed E-state index contributed by atoms with van der Waals surface area (Å²) < 4.78 is 12.9. The summed E-state index contributed by atoms with van der Waals surface area (Å²) in [5.41, 5.74) is 3.78. The number of nitrogens with one attached hydrogen (secondary N) is 1. The van der Waals surface area contributed by atoms with E-state index in [2.05, 4.69) is 5.32 Å². The second kappa shape index (κ2) is 8.42. The van der Waals surface area contributed by atoms with Gasteiger partial charge in [-0.2, -0.15) is 0 Å². The summed E-state index contributed by atoms with van der Waals surface area (Å²) in [5.74, 6) is -0.693. The molecule has 0 aliphatic carbocycles. The van der Waals surface area contributed by atoms with Crippen LogP contribution in [0.5, 0.6) is 0 Å². The van der Waals surface area contributed by atoms with Gasteiger partial charge in [0.2, 0.25) is 11.8 Å². The van der Waals surface area contributed by atoms with Crippen LogP contribution in [0.3, 0.4) is 0 Å². The molecule has 0 heterocycles. The third kappa shape index (κ3) is 5.41. The highest BCUT2D eigenvalue weighted by Crippen LogP contribution is 2.17. The van der Waals surface area contributed by atoms with Crippen molar-refractivity contribution in [1.29, 1.82) is 0 Å². The average molecular weight is 342 g/mol. The summed E-state index contributed by atoms with van der Waals surface area (Å²) in [4.78, 5) is 25.6. The van der Waals surface area contributed by atoms with Crippen LogP contribution in [-0.4, -0.2) is 29.8 Å². The van der Waals surface area contributed by atoms with Gasteiger partial charge in [-0.1, -0.05) is 24.3 Å². The highest BCUT2D eigenvalue weighted by molar-refractivity contribution is 5.95. The van der Waals surface area contributed by atoms with Gasteiger partial charge in [0, 0.05) is 19.2 Å². The summed E-state index contributed by atoms with van der Waals surface area (Å²) in [7, 11) is 0. The lowest BCUT2D eigenvalue weighted by Gasteiger charge is -2.21. The molecule has 25 heavy (non-hydrogen) atoms. The Kier molecular flexibility index (Phi) is 6.28. The Balaban J connectivity index is 1.96. The third-order valence-electron chi connectivity index (χ3n) is 4.24. The van der Waals surface area contributed by atoms with E-state index in [4.69, 9.17) is 0 Å². The molecule has 0 atom stereocenters. The third-order valence-corrected chi connectivity index (χ3v) is 4.24. The molecule has 0 fully saturated rings. The van der Waals surface area contributed by atoms with E-state index in [0.29, 0.717) is 13.0 Å². The highest BCUT2D eigenvalue weighted by Gasteiger charge is 2.14. The van der Waals surface area contributed by atoms with Crippen molar-refractivity contribution in [3.8, 4) is 0 Å². The lowest BCUT2D eigenvalue weighted by molar-refractivity contribution is -0.132. The molecule has 0 unspecified atom stereocenters. The minimum absolute atomic E-state index is 0.0100. The van der Waals surface area contributed by atoms with Gasteiger partial charge in [0.15, 0.2) is 0 Å². The van der Waals surface area contributed by atoms with E-state index in [1.807, 2.05) is 32.0 Å². The fraction of sp³-hybridized carbons (Fsp3) is 0.300. The maximum absolute atomic E-state index is 12.9. The largest absolute Gasteiger partial charge is 0.333 e. The molecule has 4 nitrogen and oxygen atoms in total. The Morgan fingerprint density at radius 3 is 2.40 bits per heavy atom. The summed E-state index contributed by atoms with van der Waals surface area (Å²) >= 11 is 0. The summed E-state index contributed by atoms with van der Waals surface area (Å²) in [6, 6.07) is 11.9. The van der Waals surface area contributed by atoms with Crippen LogP contribution in [0, 0.1) is 19.7 Å². The molecule has 0 aliphatic heterocycles. The number of anilines is 1. The maximum atomic E-state index is 12.9. The monoisotopic (exact) mass is 342 g/mol. The first-order valence-corrected chi connectivity index (χ1v) is 8.23. The van der Waals surface area contributed by atoms with Crippen LogP contribution in [0.1, 0.15) is 23.6 Å². The Hall–Kier alpha value is -2.69.